The average Bonchev–Trinajstić information content (AvgIpc) is 2.45. The van der Waals surface area contributed by atoms with Gasteiger partial charge in [0.2, 0.25) is 0 Å². The summed E-state index contributed by atoms with van der Waals surface area (Å²) in [6.45, 7) is 4.46. The molecule has 1 saturated carbocycles. The Balaban J connectivity index is 1.93. The van der Waals surface area contributed by atoms with E-state index in [1.807, 2.05) is 0 Å². The first kappa shape index (κ1) is 7.35. The zero-order valence-electron chi connectivity index (χ0n) is 7.38. The van der Waals surface area contributed by atoms with Crippen LogP contribution in [-0.2, 0) is 0 Å². The van der Waals surface area contributed by atoms with E-state index < -0.39 is 0 Å². The zero-order chi connectivity index (χ0) is 7.84. The quantitative estimate of drug-likeness (QED) is 0.595. The number of hydrogen-bond donors (Lipinski definition) is 1. The molecule has 1 nitrogen and oxygen atoms in total. The Bertz CT molecular complexity index is 172. The van der Waals surface area contributed by atoms with Gasteiger partial charge in [0.25, 0.3) is 0 Å². The molecule has 2 aliphatic rings. The molecule has 0 saturated heterocycles. The first-order valence-electron chi connectivity index (χ1n) is 4.70. The van der Waals surface area contributed by atoms with Gasteiger partial charge in [-0.25, -0.2) is 0 Å². The fraction of sp³-hybridized carbons (Fsp3) is 0.800. The molecule has 0 amide bonds. The third kappa shape index (κ3) is 1.34. The van der Waals surface area contributed by atoms with Crippen LogP contribution in [0.5, 0.6) is 0 Å². The highest BCUT2D eigenvalue weighted by Crippen LogP contribution is 2.38. The number of allylic oxidation sites excluding steroid dienone is 1. The van der Waals surface area contributed by atoms with Crippen molar-refractivity contribution >= 4 is 0 Å². The Labute approximate surface area is 68.9 Å². The normalized spacial score (nSPS) is 40.8. The summed E-state index contributed by atoms with van der Waals surface area (Å²) in [6, 6.07) is 1.43. The molecular weight excluding hydrogens is 134 g/mol. The van der Waals surface area contributed by atoms with Crippen LogP contribution in [0.1, 0.15) is 26.7 Å². The van der Waals surface area contributed by atoms with Crippen LogP contribution in [-0.4, -0.2) is 12.1 Å². The van der Waals surface area contributed by atoms with Crippen LogP contribution < -0.4 is 5.32 Å². The second-order valence-corrected chi connectivity index (χ2v) is 4.21. The molecule has 0 aromatic heterocycles. The molecule has 0 aromatic rings. The third-order valence-electron chi connectivity index (χ3n) is 2.83. The largest absolute Gasteiger partial charge is 0.311 e. The Morgan fingerprint density at radius 1 is 1.27 bits per heavy atom. The smallest absolute Gasteiger partial charge is 0.0138 e. The van der Waals surface area contributed by atoms with Crippen molar-refractivity contribution in [3.8, 4) is 0 Å². The molecule has 1 unspecified atom stereocenters. The van der Waals surface area contributed by atoms with Gasteiger partial charge in [-0.05, 0) is 24.7 Å². The molecule has 3 atom stereocenters. The first-order chi connectivity index (χ1) is 5.25. The molecule has 1 heteroatoms. The zero-order valence-corrected chi connectivity index (χ0v) is 7.38. The van der Waals surface area contributed by atoms with E-state index in [0.29, 0.717) is 6.04 Å². The van der Waals surface area contributed by atoms with E-state index in [1.165, 1.54) is 12.8 Å². The van der Waals surface area contributed by atoms with Gasteiger partial charge in [-0.1, -0.05) is 26.0 Å². The highest BCUT2D eigenvalue weighted by molar-refractivity contribution is 5.12. The van der Waals surface area contributed by atoms with E-state index in [4.69, 9.17) is 0 Å². The van der Waals surface area contributed by atoms with Crippen LogP contribution in [0.25, 0.3) is 0 Å². The van der Waals surface area contributed by atoms with E-state index in [2.05, 4.69) is 31.3 Å². The molecule has 1 N–H and O–H groups in total. The molecule has 0 aliphatic heterocycles. The van der Waals surface area contributed by atoms with Crippen LogP contribution in [0.2, 0.25) is 0 Å². The van der Waals surface area contributed by atoms with E-state index in [9.17, 15) is 0 Å². The lowest BCUT2D eigenvalue weighted by molar-refractivity contribution is 0.413. The van der Waals surface area contributed by atoms with Gasteiger partial charge in [0, 0.05) is 12.1 Å². The Morgan fingerprint density at radius 3 is 2.55 bits per heavy atom. The number of hydrogen-bond acceptors (Lipinski definition) is 1. The van der Waals surface area contributed by atoms with E-state index in [-0.39, 0.29) is 0 Å². The lowest BCUT2D eigenvalue weighted by Gasteiger charge is -2.22. The highest BCUT2D eigenvalue weighted by Gasteiger charge is 2.35. The summed E-state index contributed by atoms with van der Waals surface area (Å²) in [7, 11) is 0. The number of nitrogens with one attached hydrogen (secondary N) is 1. The fourth-order valence-electron chi connectivity index (χ4n) is 2.40. The maximum atomic E-state index is 3.62. The maximum Gasteiger partial charge on any atom is 0.0138 e. The van der Waals surface area contributed by atoms with Crippen molar-refractivity contribution in [1.29, 1.82) is 0 Å². The molecule has 2 aliphatic carbocycles. The molecule has 2 bridgehead atoms. The van der Waals surface area contributed by atoms with E-state index >= 15 is 0 Å². The fourth-order valence-corrected chi connectivity index (χ4v) is 2.40. The SMILES string of the molecule is CC(C)NC1C[C@@H]2C=C[C@H]1C2. The summed E-state index contributed by atoms with van der Waals surface area (Å²) in [4.78, 5) is 0. The summed E-state index contributed by atoms with van der Waals surface area (Å²) in [6.07, 6.45) is 7.57. The average molecular weight is 151 g/mol. The highest BCUT2D eigenvalue weighted by atomic mass is 15.0. The maximum absolute atomic E-state index is 3.62. The van der Waals surface area contributed by atoms with Crippen LogP contribution in [0.15, 0.2) is 12.2 Å². The van der Waals surface area contributed by atoms with Gasteiger partial charge in [-0.15, -0.1) is 0 Å². The van der Waals surface area contributed by atoms with Crippen molar-refractivity contribution in [2.24, 2.45) is 11.8 Å². The summed E-state index contributed by atoms with van der Waals surface area (Å²) in [5, 5.41) is 3.62. The van der Waals surface area contributed by atoms with E-state index in [1.54, 1.807) is 0 Å². The predicted molar refractivity (Wildman–Crippen MR) is 47.4 cm³/mol. The molecule has 1 fully saturated rings. The monoisotopic (exact) mass is 151 g/mol. The molecule has 2 rings (SSSR count). The van der Waals surface area contributed by atoms with Gasteiger partial charge >= 0.3 is 0 Å². The first-order valence-corrected chi connectivity index (χ1v) is 4.70. The minimum atomic E-state index is 0.646. The molecule has 0 aromatic carbocycles. The molecular formula is C10H17N. The summed E-state index contributed by atoms with van der Waals surface area (Å²) >= 11 is 0. The van der Waals surface area contributed by atoms with Crippen molar-refractivity contribution in [1.82, 2.24) is 5.32 Å². The lowest BCUT2D eigenvalue weighted by Crippen LogP contribution is -2.37. The second kappa shape index (κ2) is 2.63. The summed E-state index contributed by atoms with van der Waals surface area (Å²) in [5.41, 5.74) is 0. The van der Waals surface area contributed by atoms with Gasteiger partial charge in [-0.2, -0.15) is 0 Å². The lowest BCUT2D eigenvalue weighted by atomic mass is 10.0. The molecule has 0 spiro atoms. The minimum Gasteiger partial charge on any atom is -0.311 e. The van der Waals surface area contributed by atoms with E-state index in [0.717, 1.165) is 17.9 Å². The van der Waals surface area contributed by atoms with Crippen LogP contribution >= 0.6 is 0 Å². The third-order valence-corrected chi connectivity index (χ3v) is 2.83. The van der Waals surface area contributed by atoms with Gasteiger partial charge in [0.15, 0.2) is 0 Å². The minimum absolute atomic E-state index is 0.646. The number of fused-ring (bicyclic) bond motifs is 2. The van der Waals surface area contributed by atoms with Crippen LogP contribution in [0, 0.1) is 11.8 Å². The molecule has 62 valence electrons. The van der Waals surface area contributed by atoms with Crippen molar-refractivity contribution in [2.75, 3.05) is 0 Å². The van der Waals surface area contributed by atoms with Crippen molar-refractivity contribution < 1.29 is 0 Å². The Morgan fingerprint density at radius 2 is 2.09 bits per heavy atom. The van der Waals surface area contributed by atoms with Crippen LogP contribution in [0.4, 0.5) is 0 Å². The van der Waals surface area contributed by atoms with Crippen molar-refractivity contribution in [3.05, 3.63) is 12.2 Å². The number of rotatable bonds is 2. The topological polar surface area (TPSA) is 12.0 Å². The summed E-state index contributed by atoms with van der Waals surface area (Å²) < 4.78 is 0. The second-order valence-electron chi connectivity index (χ2n) is 4.21. The van der Waals surface area contributed by atoms with Gasteiger partial charge in [0.05, 0.1) is 0 Å². The Hall–Kier alpha value is -0.300. The predicted octanol–water partition coefficient (Wildman–Crippen LogP) is 1.95. The van der Waals surface area contributed by atoms with Gasteiger partial charge in [-0.3, -0.25) is 0 Å². The van der Waals surface area contributed by atoms with Crippen molar-refractivity contribution in [2.45, 2.75) is 38.8 Å². The Kier molecular flexibility index (Phi) is 1.76. The van der Waals surface area contributed by atoms with Gasteiger partial charge < -0.3 is 5.32 Å². The molecule has 11 heavy (non-hydrogen) atoms. The molecule has 0 radical (unpaired) electrons. The van der Waals surface area contributed by atoms with Crippen LogP contribution in [0.3, 0.4) is 0 Å². The summed E-state index contributed by atoms with van der Waals surface area (Å²) in [5.74, 6) is 1.75. The van der Waals surface area contributed by atoms with Crippen molar-refractivity contribution in [3.63, 3.8) is 0 Å². The molecule has 0 heterocycles. The standard InChI is InChI=1S/C10H17N/c1-7(2)11-10-6-8-3-4-9(10)5-8/h3-4,7-11H,5-6H2,1-2H3/t8-,9+,10?/m1/s1. The van der Waals surface area contributed by atoms with Gasteiger partial charge in [0.1, 0.15) is 0 Å².